The van der Waals surface area contributed by atoms with E-state index in [9.17, 15) is 18.0 Å². The summed E-state index contributed by atoms with van der Waals surface area (Å²) in [5.41, 5.74) is 1.01. The van der Waals surface area contributed by atoms with Gasteiger partial charge in [0.1, 0.15) is 6.54 Å². The summed E-state index contributed by atoms with van der Waals surface area (Å²) in [4.78, 5) is 11.9. The van der Waals surface area contributed by atoms with E-state index in [0.29, 0.717) is 0 Å². The van der Waals surface area contributed by atoms with Crippen molar-refractivity contribution < 1.29 is 18.0 Å². The molecule has 0 atom stereocenters. The summed E-state index contributed by atoms with van der Waals surface area (Å²) in [6.45, 7) is 0.802. The molecule has 0 aliphatic carbocycles. The van der Waals surface area contributed by atoms with Crippen LogP contribution in [0.1, 0.15) is 10.4 Å². The lowest BCUT2D eigenvalue weighted by Crippen LogP contribution is -2.40. The molecule has 0 fully saturated rings. The van der Waals surface area contributed by atoms with Crippen LogP contribution in [0.25, 0.3) is 0 Å². The second kappa shape index (κ2) is 5.20. The molecule has 7 heteroatoms. The maximum absolute atomic E-state index is 11.8. The van der Waals surface area contributed by atoms with Crippen molar-refractivity contribution in [1.29, 1.82) is 0 Å². The second-order valence-corrected chi connectivity index (χ2v) is 4.18. The van der Waals surface area contributed by atoms with E-state index in [1.165, 1.54) is 11.3 Å². The van der Waals surface area contributed by atoms with E-state index in [1.807, 2.05) is 18.4 Å². The Morgan fingerprint density at radius 3 is 2.62 bits per heavy atom. The zero-order chi connectivity index (χ0) is 12.2. The normalized spacial score (nSPS) is 11.2. The third kappa shape index (κ3) is 4.52. The zero-order valence-corrected chi connectivity index (χ0v) is 9.34. The SMILES string of the molecule is Cc1ccsc1CNC(=O)NCC(F)(F)F. The molecule has 2 N–H and O–H groups in total. The van der Waals surface area contributed by atoms with Crippen LogP contribution in [-0.2, 0) is 6.54 Å². The first kappa shape index (κ1) is 12.8. The fourth-order valence-electron chi connectivity index (χ4n) is 0.989. The van der Waals surface area contributed by atoms with Crippen LogP contribution >= 0.6 is 11.3 Å². The first-order valence-corrected chi connectivity index (χ1v) is 5.38. The molecule has 0 aliphatic rings. The number of halogens is 3. The number of rotatable bonds is 3. The van der Waals surface area contributed by atoms with Crippen LogP contribution in [0, 0.1) is 6.92 Å². The lowest BCUT2D eigenvalue weighted by atomic mass is 10.3. The Labute approximate surface area is 94.7 Å². The Hall–Kier alpha value is -1.24. The summed E-state index contributed by atoms with van der Waals surface area (Å²) in [7, 11) is 0. The average molecular weight is 252 g/mol. The van der Waals surface area contributed by atoms with Crippen LogP contribution in [-0.4, -0.2) is 18.8 Å². The fourth-order valence-corrected chi connectivity index (χ4v) is 1.83. The van der Waals surface area contributed by atoms with Crippen molar-refractivity contribution >= 4 is 17.4 Å². The number of hydrogen-bond acceptors (Lipinski definition) is 2. The fraction of sp³-hybridized carbons (Fsp3) is 0.444. The molecule has 0 bridgehead atoms. The molecule has 0 spiro atoms. The molecule has 0 unspecified atom stereocenters. The summed E-state index contributed by atoms with van der Waals surface area (Å²) in [5, 5.41) is 5.95. The third-order valence-corrected chi connectivity index (χ3v) is 2.85. The Morgan fingerprint density at radius 1 is 1.44 bits per heavy atom. The number of carbonyl (C=O) groups is 1. The minimum Gasteiger partial charge on any atom is -0.333 e. The zero-order valence-electron chi connectivity index (χ0n) is 8.52. The van der Waals surface area contributed by atoms with Crippen molar-refractivity contribution in [2.45, 2.75) is 19.6 Å². The van der Waals surface area contributed by atoms with Gasteiger partial charge < -0.3 is 10.6 Å². The van der Waals surface area contributed by atoms with Gasteiger partial charge in [0.25, 0.3) is 0 Å². The lowest BCUT2D eigenvalue weighted by Gasteiger charge is -2.09. The number of urea groups is 1. The summed E-state index contributed by atoms with van der Waals surface area (Å²) >= 11 is 1.45. The molecular formula is C9H11F3N2OS. The Kier molecular flexibility index (Phi) is 4.17. The average Bonchev–Trinajstić information content (AvgIpc) is 2.57. The quantitative estimate of drug-likeness (QED) is 0.852. The second-order valence-electron chi connectivity index (χ2n) is 3.18. The molecule has 1 aromatic heterocycles. The van der Waals surface area contributed by atoms with E-state index in [0.717, 1.165) is 10.4 Å². The highest BCUT2D eigenvalue weighted by Crippen LogP contribution is 2.15. The van der Waals surface area contributed by atoms with Gasteiger partial charge in [-0.1, -0.05) is 0 Å². The van der Waals surface area contributed by atoms with Gasteiger partial charge in [-0.05, 0) is 23.9 Å². The summed E-state index contributed by atoms with van der Waals surface area (Å²) in [5.74, 6) is 0. The van der Waals surface area contributed by atoms with Crippen LogP contribution in [0.4, 0.5) is 18.0 Å². The lowest BCUT2D eigenvalue weighted by molar-refractivity contribution is -0.122. The molecule has 2 amide bonds. The number of alkyl halides is 3. The summed E-state index contributed by atoms with van der Waals surface area (Å²) in [6, 6.07) is 1.07. The van der Waals surface area contributed by atoms with Gasteiger partial charge in [0.15, 0.2) is 0 Å². The standard InChI is InChI=1S/C9H11F3N2OS/c1-6-2-3-16-7(6)4-13-8(15)14-5-9(10,11)12/h2-3H,4-5H2,1H3,(H2,13,14,15). The van der Waals surface area contributed by atoms with Crippen LogP contribution < -0.4 is 10.6 Å². The van der Waals surface area contributed by atoms with Crippen molar-refractivity contribution in [3.05, 3.63) is 21.9 Å². The van der Waals surface area contributed by atoms with Crippen LogP contribution in [0.5, 0.6) is 0 Å². The van der Waals surface area contributed by atoms with Gasteiger partial charge in [-0.25, -0.2) is 4.79 Å². The topological polar surface area (TPSA) is 41.1 Å². The molecule has 0 saturated heterocycles. The van der Waals surface area contributed by atoms with E-state index in [-0.39, 0.29) is 6.54 Å². The number of amides is 2. The highest BCUT2D eigenvalue weighted by molar-refractivity contribution is 7.10. The predicted molar refractivity (Wildman–Crippen MR) is 55.3 cm³/mol. The highest BCUT2D eigenvalue weighted by atomic mass is 32.1. The molecular weight excluding hydrogens is 241 g/mol. The summed E-state index contributed by atoms with van der Waals surface area (Å²) in [6.07, 6.45) is -4.38. The van der Waals surface area contributed by atoms with Crippen molar-refractivity contribution in [1.82, 2.24) is 10.6 Å². The first-order valence-electron chi connectivity index (χ1n) is 4.50. The third-order valence-electron chi connectivity index (χ3n) is 1.83. The van der Waals surface area contributed by atoms with Crippen LogP contribution in [0.2, 0.25) is 0 Å². The smallest absolute Gasteiger partial charge is 0.333 e. The van der Waals surface area contributed by atoms with Crippen molar-refractivity contribution in [2.75, 3.05) is 6.54 Å². The van der Waals surface area contributed by atoms with Gasteiger partial charge >= 0.3 is 12.2 Å². The maximum atomic E-state index is 11.8. The first-order chi connectivity index (χ1) is 7.38. The molecule has 0 aliphatic heterocycles. The van der Waals surface area contributed by atoms with E-state index < -0.39 is 18.8 Å². The van der Waals surface area contributed by atoms with Crippen molar-refractivity contribution in [3.8, 4) is 0 Å². The molecule has 90 valence electrons. The molecule has 0 radical (unpaired) electrons. The maximum Gasteiger partial charge on any atom is 0.405 e. The molecule has 0 aromatic carbocycles. The minimum absolute atomic E-state index is 0.243. The summed E-state index contributed by atoms with van der Waals surface area (Å²) < 4.78 is 35.3. The molecule has 1 heterocycles. The van der Waals surface area contributed by atoms with Crippen LogP contribution in [0.3, 0.4) is 0 Å². The minimum atomic E-state index is -4.38. The van der Waals surface area contributed by atoms with Gasteiger partial charge in [-0.15, -0.1) is 11.3 Å². The van der Waals surface area contributed by atoms with Crippen molar-refractivity contribution in [3.63, 3.8) is 0 Å². The van der Waals surface area contributed by atoms with Gasteiger partial charge in [0, 0.05) is 4.88 Å². The molecule has 0 saturated carbocycles. The number of aryl methyl sites for hydroxylation is 1. The Bertz CT molecular complexity index is 362. The van der Waals surface area contributed by atoms with Gasteiger partial charge in [-0.3, -0.25) is 0 Å². The van der Waals surface area contributed by atoms with Gasteiger partial charge in [0.05, 0.1) is 6.54 Å². The molecule has 1 aromatic rings. The van der Waals surface area contributed by atoms with E-state index >= 15 is 0 Å². The number of thiophene rings is 1. The number of hydrogen-bond donors (Lipinski definition) is 2. The largest absolute Gasteiger partial charge is 0.405 e. The predicted octanol–water partition coefficient (Wildman–Crippen LogP) is 2.42. The van der Waals surface area contributed by atoms with Crippen LogP contribution in [0.15, 0.2) is 11.4 Å². The Balaban J connectivity index is 2.29. The van der Waals surface area contributed by atoms with E-state index in [4.69, 9.17) is 0 Å². The number of carbonyl (C=O) groups excluding carboxylic acids is 1. The Morgan fingerprint density at radius 2 is 2.12 bits per heavy atom. The van der Waals surface area contributed by atoms with Gasteiger partial charge in [-0.2, -0.15) is 13.2 Å². The monoisotopic (exact) mass is 252 g/mol. The number of nitrogens with one attached hydrogen (secondary N) is 2. The van der Waals surface area contributed by atoms with Gasteiger partial charge in [0.2, 0.25) is 0 Å². The van der Waals surface area contributed by atoms with E-state index in [1.54, 1.807) is 5.32 Å². The van der Waals surface area contributed by atoms with E-state index in [2.05, 4.69) is 5.32 Å². The highest BCUT2D eigenvalue weighted by Gasteiger charge is 2.27. The molecule has 16 heavy (non-hydrogen) atoms. The molecule has 1 rings (SSSR count). The van der Waals surface area contributed by atoms with Crippen molar-refractivity contribution in [2.24, 2.45) is 0 Å². The molecule has 3 nitrogen and oxygen atoms in total.